The van der Waals surface area contributed by atoms with E-state index < -0.39 is 5.82 Å². The van der Waals surface area contributed by atoms with Gasteiger partial charge in [0.2, 0.25) is 0 Å². The maximum Gasteiger partial charge on any atom is 0.150 e. The van der Waals surface area contributed by atoms with Crippen LogP contribution in [0, 0.1) is 17.1 Å². The minimum Gasteiger partial charge on any atom is -0.343 e. The third-order valence-corrected chi connectivity index (χ3v) is 3.37. The molecule has 0 radical (unpaired) electrons. The molecule has 0 bridgehead atoms. The molecule has 1 heterocycles. The Morgan fingerprint density at radius 3 is 2.81 bits per heavy atom. The Labute approximate surface area is 120 Å². The fraction of sp³-hybridized carbons (Fsp3) is 0.0588. The SMILES string of the molecule is N#Cc1cc(F)cc(Cn2ccc3cc(C=O)ccc32)c1. The van der Waals surface area contributed by atoms with Crippen molar-refractivity contribution < 1.29 is 9.18 Å². The van der Waals surface area contributed by atoms with E-state index in [4.69, 9.17) is 5.26 Å². The van der Waals surface area contributed by atoms with Crippen molar-refractivity contribution in [2.45, 2.75) is 6.54 Å². The van der Waals surface area contributed by atoms with Gasteiger partial charge in [-0.2, -0.15) is 5.26 Å². The number of hydrogen-bond acceptors (Lipinski definition) is 2. The van der Waals surface area contributed by atoms with Crippen LogP contribution in [0.15, 0.2) is 48.7 Å². The number of aldehydes is 1. The highest BCUT2D eigenvalue weighted by Gasteiger charge is 2.05. The molecule has 4 heteroatoms. The van der Waals surface area contributed by atoms with Crippen molar-refractivity contribution in [2.24, 2.45) is 0 Å². The predicted octanol–water partition coefficient (Wildman–Crippen LogP) is 3.51. The normalized spacial score (nSPS) is 10.5. The summed E-state index contributed by atoms with van der Waals surface area (Å²) in [5, 5.41) is 9.84. The smallest absolute Gasteiger partial charge is 0.150 e. The van der Waals surface area contributed by atoms with E-state index in [9.17, 15) is 9.18 Å². The molecule has 0 amide bonds. The molecule has 102 valence electrons. The highest BCUT2D eigenvalue weighted by Crippen LogP contribution is 2.19. The van der Waals surface area contributed by atoms with E-state index in [0.717, 1.165) is 22.8 Å². The minimum absolute atomic E-state index is 0.310. The molecule has 3 nitrogen and oxygen atoms in total. The lowest BCUT2D eigenvalue weighted by molar-refractivity contribution is 0.112. The number of halogens is 1. The Bertz CT molecular complexity index is 874. The van der Waals surface area contributed by atoms with Gasteiger partial charge >= 0.3 is 0 Å². The van der Waals surface area contributed by atoms with Crippen LogP contribution < -0.4 is 0 Å². The number of carbonyl (C=O) groups is 1. The number of carbonyl (C=O) groups excluding carboxylic acids is 1. The highest BCUT2D eigenvalue weighted by molar-refractivity contribution is 5.87. The molecule has 1 aromatic heterocycles. The third kappa shape index (κ3) is 2.54. The summed E-state index contributed by atoms with van der Waals surface area (Å²) in [5.74, 6) is -0.413. The molecule has 0 aliphatic carbocycles. The van der Waals surface area contributed by atoms with Gasteiger partial charge in [0, 0.05) is 29.2 Å². The second kappa shape index (κ2) is 5.22. The Hall–Kier alpha value is -2.93. The maximum absolute atomic E-state index is 13.5. The van der Waals surface area contributed by atoms with Crippen molar-refractivity contribution in [3.63, 3.8) is 0 Å². The average Bonchev–Trinajstić information content (AvgIpc) is 2.88. The van der Waals surface area contributed by atoms with Crippen molar-refractivity contribution in [1.29, 1.82) is 5.26 Å². The predicted molar refractivity (Wildman–Crippen MR) is 77.5 cm³/mol. The topological polar surface area (TPSA) is 45.8 Å². The molecule has 0 N–H and O–H groups in total. The van der Waals surface area contributed by atoms with Gasteiger partial charge in [0.1, 0.15) is 12.1 Å². The number of aromatic nitrogens is 1. The summed E-state index contributed by atoms with van der Waals surface area (Å²) >= 11 is 0. The monoisotopic (exact) mass is 278 g/mol. The van der Waals surface area contributed by atoms with Crippen LogP contribution in [0.1, 0.15) is 21.5 Å². The molecule has 0 saturated carbocycles. The number of nitriles is 1. The van der Waals surface area contributed by atoms with E-state index in [0.29, 0.717) is 17.7 Å². The number of rotatable bonds is 3. The van der Waals surface area contributed by atoms with E-state index >= 15 is 0 Å². The van der Waals surface area contributed by atoms with E-state index in [-0.39, 0.29) is 0 Å². The second-order valence-corrected chi connectivity index (χ2v) is 4.84. The summed E-state index contributed by atoms with van der Waals surface area (Å²) in [6.07, 6.45) is 2.69. The molecule has 0 saturated heterocycles. The van der Waals surface area contributed by atoms with Gasteiger partial charge in [0.05, 0.1) is 11.6 Å². The van der Waals surface area contributed by atoms with Gasteiger partial charge in [-0.3, -0.25) is 4.79 Å². The van der Waals surface area contributed by atoms with Crippen LogP contribution in [0.25, 0.3) is 10.9 Å². The quantitative estimate of drug-likeness (QED) is 0.688. The zero-order valence-corrected chi connectivity index (χ0v) is 11.1. The second-order valence-electron chi connectivity index (χ2n) is 4.84. The van der Waals surface area contributed by atoms with Crippen LogP contribution in [-0.4, -0.2) is 10.9 Å². The standard InChI is InChI=1S/C17H11FN2O/c18-16-7-13(9-19)5-14(8-16)10-20-4-3-15-6-12(11-21)1-2-17(15)20/h1-8,11H,10H2. The van der Waals surface area contributed by atoms with Crippen LogP contribution in [-0.2, 0) is 6.54 Å². The first-order chi connectivity index (χ1) is 10.2. The summed E-state index contributed by atoms with van der Waals surface area (Å²) in [6.45, 7) is 0.469. The first-order valence-electron chi connectivity index (χ1n) is 6.43. The van der Waals surface area contributed by atoms with E-state index in [2.05, 4.69) is 0 Å². The van der Waals surface area contributed by atoms with E-state index in [1.807, 2.05) is 35.0 Å². The maximum atomic E-state index is 13.5. The lowest BCUT2D eigenvalue weighted by Crippen LogP contribution is -1.99. The van der Waals surface area contributed by atoms with Crippen LogP contribution in [0.2, 0.25) is 0 Å². The molecule has 0 spiro atoms. The van der Waals surface area contributed by atoms with E-state index in [1.165, 1.54) is 12.1 Å². The van der Waals surface area contributed by atoms with Gasteiger partial charge in [-0.1, -0.05) is 0 Å². The van der Waals surface area contributed by atoms with Crippen molar-refractivity contribution in [1.82, 2.24) is 4.57 Å². The third-order valence-electron chi connectivity index (χ3n) is 3.37. The van der Waals surface area contributed by atoms with Gasteiger partial charge in [0.25, 0.3) is 0 Å². The molecule has 21 heavy (non-hydrogen) atoms. The molecule has 0 aliphatic rings. The van der Waals surface area contributed by atoms with Gasteiger partial charge < -0.3 is 4.57 Å². The lowest BCUT2D eigenvalue weighted by Gasteiger charge is -2.07. The average molecular weight is 278 g/mol. The van der Waals surface area contributed by atoms with Gasteiger partial charge in [-0.25, -0.2) is 4.39 Å². The van der Waals surface area contributed by atoms with Crippen molar-refractivity contribution in [3.8, 4) is 6.07 Å². The molecule has 0 unspecified atom stereocenters. The first kappa shape index (κ1) is 13.1. The molecule has 3 aromatic rings. The molecular weight excluding hydrogens is 267 g/mol. The number of nitrogens with zero attached hydrogens (tertiary/aromatic N) is 2. The highest BCUT2D eigenvalue weighted by atomic mass is 19.1. The molecule has 3 rings (SSSR count). The summed E-state index contributed by atoms with van der Waals surface area (Å²) in [5.41, 5.74) is 2.62. The molecular formula is C17H11FN2O. The Kier molecular flexibility index (Phi) is 3.25. The van der Waals surface area contributed by atoms with Crippen molar-refractivity contribution >= 4 is 17.2 Å². The Balaban J connectivity index is 2.00. The Morgan fingerprint density at radius 2 is 2.05 bits per heavy atom. The molecule has 0 aliphatic heterocycles. The van der Waals surface area contributed by atoms with Crippen molar-refractivity contribution in [2.75, 3.05) is 0 Å². The summed E-state index contributed by atoms with van der Waals surface area (Å²) in [4.78, 5) is 10.8. The number of fused-ring (bicyclic) bond motifs is 1. The number of hydrogen-bond donors (Lipinski definition) is 0. The minimum atomic E-state index is -0.413. The van der Waals surface area contributed by atoms with Gasteiger partial charge in [-0.05, 0) is 48.0 Å². The fourth-order valence-electron chi connectivity index (χ4n) is 2.43. The summed E-state index contributed by atoms with van der Waals surface area (Å²) in [6, 6.07) is 13.6. The fourth-order valence-corrected chi connectivity index (χ4v) is 2.43. The van der Waals surface area contributed by atoms with E-state index in [1.54, 1.807) is 12.1 Å². The van der Waals surface area contributed by atoms with Gasteiger partial charge in [-0.15, -0.1) is 0 Å². The van der Waals surface area contributed by atoms with Crippen LogP contribution in [0.5, 0.6) is 0 Å². The van der Waals surface area contributed by atoms with Crippen LogP contribution in [0.3, 0.4) is 0 Å². The molecule has 0 atom stereocenters. The van der Waals surface area contributed by atoms with Crippen molar-refractivity contribution in [3.05, 3.63) is 71.2 Å². The summed E-state index contributed by atoms with van der Waals surface area (Å²) in [7, 11) is 0. The largest absolute Gasteiger partial charge is 0.343 e. The first-order valence-corrected chi connectivity index (χ1v) is 6.43. The van der Waals surface area contributed by atoms with Gasteiger partial charge in [0.15, 0.2) is 0 Å². The summed E-state index contributed by atoms with van der Waals surface area (Å²) < 4.78 is 15.4. The zero-order chi connectivity index (χ0) is 14.8. The Morgan fingerprint density at radius 1 is 1.19 bits per heavy atom. The van der Waals surface area contributed by atoms with Crippen LogP contribution >= 0.6 is 0 Å². The zero-order valence-electron chi connectivity index (χ0n) is 11.1. The van der Waals surface area contributed by atoms with Crippen LogP contribution in [0.4, 0.5) is 4.39 Å². The lowest BCUT2D eigenvalue weighted by atomic mass is 10.1. The molecule has 0 fully saturated rings. The molecule has 2 aromatic carbocycles. The number of benzene rings is 2.